The lowest BCUT2D eigenvalue weighted by molar-refractivity contribution is 0.347. The summed E-state index contributed by atoms with van der Waals surface area (Å²) in [5.74, 6) is 2.66. The third-order valence-electron chi connectivity index (χ3n) is 9.73. The number of anilines is 2. The molecule has 0 unspecified atom stereocenters. The van der Waals surface area contributed by atoms with Crippen molar-refractivity contribution in [1.82, 2.24) is 0 Å². The molecule has 6 rings (SSSR count). The van der Waals surface area contributed by atoms with Gasteiger partial charge < -0.3 is 31.2 Å². The topological polar surface area (TPSA) is 111 Å². The average molecular weight is 579 g/mol. The van der Waals surface area contributed by atoms with Crippen LogP contribution in [0.3, 0.4) is 0 Å². The van der Waals surface area contributed by atoms with Crippen LogP contribution in [0.15, 0.2) is 48.5 Å². The average Bonchev–Trinajstić information content (AvgIpc) is 3.29. The fourth-order valence-electron chi connectivity index (χ4n) is 8.58. The number of nitrogens with two attached hydrogens (primary N) is 2. The molecular formula is C37H42N2O4. The van der Waals surface area contributed by atoms with Crippen molar-refractivity contribution in [1.29, 1.82) is 0 Å². The van der Waals surface area contributed by atoms with Crippen LogP contribution in [0.25, 0.3) is 0 Å². The van der Waals surface area contributed by atoms with Crippen LogP contribution in [0.2, 0.25) is 0 Å². The maximum atomic E-state index is 10.2. The van der Waals surface area contributed by atoms with E-state index >= 15 is 0 Å². The van der Waals surface area contributed by atoms with Crippen LogP contribution in [-0.2, 0) is 16.2 Å². The Morgan fingerprint density at radius 2 is 0.953 bits per heavy atom. The molecule has 4 aromatic rings. The molecule has 6 heteroatoms. The highest BCUT2D eigenvalue weighted by Gasteiger charge is 2.58. The van der Waals surface area contributed by atoms with Gasteiger partial charge in [0.05, 0.1) is 11.4 Å². The lowest BCUT2D eigenvalue weighted by atomic mass is 9.70. The Hall–Kier alpha value is -4.32. The molecule has 1 spiro atoms. The standard InChI is InChI=1S/C37H42N2O4/c1-19-13-29(42-23-9-11-25(38)27(40)15-23)21(3)33-31(19)35(5,6)17-37(33)18-36(7,8)32-20(2)14-30(22(4)34(32)37)43-24-10-12-26(39)28(41)16-24/h9-16,40-41H,17-18,38-39H2,1-8H3. The van der Waals surface area contributed by atoms with Gasteiger partial charge in [-0.3, -0.25) is 0 Å². The van der Waals surface area contributed by atoms with Gasteiger partial charge in [0, 0.05) is 17.5 Å². The molecule has 0 atom stereocenters. The molecule has 0 aromatic heterocycles. The summed E-state index contributed by atoms with van der Waals surface area (Å²) in [6, 6.07) is 14.3. The largest absolute Gasteiger partial charge is 0.506 e. The first-order valence-corrected chi connectivity index (χ1v) is 14.9. The number of phenolic OH excluding ortho intramolecular Hbond substituents is 2. The second kappa shape index (κ2) is 9.34. The van der Waals surface area contributed by atoms with Crippen LogP contribution < -0.4 is 20.9 Å². The minimum Gasteiger partial charge on any atom is -0.506 e. The lowest BCUT2D eigenvalue weighted by Gasteiger charge is -2.33. The van der Waals surface area contributed by atoms with E-state index in [-0.39, 0.29) is 27.7 Å². The zero-order chi connectivity index (χ0) is 31.2. The Morgan fingerprint density at radius 3 is 1.30 bits per heavy atom. The first kappa shape index (κ1) is 28.8. The van der Waals surface area contributed by atoms with Gasteiger partial charge in [0.1, 0.15) is 34.5 Å². The van der Waals surface area contributed by atoms with Crippen molar-refractivity contribution in [2.75, 3.05) is 11.5 Å². The molecule has 6 nitrogen and oxygen atoms in total. The highest BCUT2D eigenvalue weighted by Crippen LogP contribution is 2.66. The molecule has 2 aliphatic carbocycles. The van der Waals surface area contributed by atoms with E-state index in [9.17, 15) is 10.2 Å². The maximum absolute atomic E-state index is 10.2. The molecular weight excluding hydrogens is 536 g/mol. The molecule has 0 bridgehead atoms. The minimum absolute atomic E-state index is 0.00478. The van der Waals surface area contributed by atoms with Crippen LogP contribution >= 0.6 is 0 Å². The van der Waals surface area contributed by atoms with Gasteiger partial charge in [0.15, 0.2) is 0 Å². The SMILES string of the molecule is Cc1cc(Oc2ccc(N)c(O)c2)c(C)c2c1C(C)(C)CC21CC(C)(C)c2c(C)cc(Oc3ccc(N)c(O)c3)c(C)c21. The summed E-state index contributed by atoms with van der Waals surface area (Å²) in [5, 5.41) is 20.5. The number of hydrogen-bond acceptors (Lipinski definition) is 6. The van der Waals surface area contributed by atoms with Crippen LogP contribution in [-0.4, -0.2) is 10.2 Å². The summed E-state index contributed by atoms with van der Waals surface area (Å²) >= 11 is 0. The van der Waals surface area contributed by atoms with Crippen molar-refractivity contribution < 1.29 is 19.7 Å². The zero-order valence-corrected chi connectivity index (χ0v) is 26.4. The molecule has 0 saturated heterocycles. The highest BCUT2D eigenvalue weighted by atomic mass is 16.5. The van der Waals surface area contributed by atoms with Gasteiger partial charge in [-0.15, -0.1) is 0 Å². The van der Waals surface area contributed by atoms with E-state index < -0.39 is 0 Å². The van der Waals surface area contributed by atoms with Gasteiger partial charge in [-0.05, 0) is 132 Å². The molecule has 2 aliphatic rings. The summed E-state index contributed by atoms with van der Waals surface area (Å²) in [4.78, 5) is 0. The van der Waals surface area contributed by atoms with E-state index in [0.29, 0.717) is 22.9 Å². The Bertz CT molecular complexity index is 1690. The molecule has 6 N–H and O–H groups in total. The van der Waals surface area contributed by atoms with Crippen LogP contribution in [0.5, 0.6) is 34.5 Å². The molecule has 0 fully saturated rings. The van der Waals surface area contributed by atoms with Crippen molar-refractivity contribution in [2.24, 2.45) is 0 Å². The van der Waals surface area contributed by atoms with Crippen LogP contribution in [0.1, 0.15) is 85.0 Å². The number of phenols is 2. The van der Waals surface area contributed by atoms with E-state index in [1.807, 2.05) is 0 Å². The predicted octanol–water partition coefficient (Wildman–Crippen LogP) is 8.73. The first-order chi connectivity index (χ1) is 20.1. The fourth-order valence-corrected chi connectivity index (χ4v) is 8.58. The third-order valence-corrected chi connectivity index (χ3v) is 9.73. The van der Waals surface area contributed by atoms with Crippen molar-refractivity contribution in [2.45, 2.75) is 84.5 Å². The van der Waals surface area contributed by atoms with Gasteiger partial charge in [-0.1, -0.05) is 27.7 Å². The van der Waals surface area contributed by atoms with Crippen LogP contribution in [0.4, 0.5) is 11.4 Å². The number of fused-ring (bicyclic) bond motifs is 4. The minimum atomic E-state index is -0.257. The van der Waals surface area contributed by atoms with E-state index in [0.717, 1.165) is 35.5 Å². The second-order valence-corrected chi connectivity index (χ2v) is 14.0. The van der Waals surface area contributed by atoms with Crippen molar-refractivity contribution in [3.05, 3.63) is 93.0 Å². The summed E-state index contributed by atoms with van der Waals surface area (Å²) in [6.07, 6.45) is 1.93. The number of ether oxygens (including phenoxy) is 2. The molecule has 0 aliphatic heterocycles. The highest BCUT2D eigenvalue weighted by molar-refractivity contribution is 5.70. The van der Waals surface area contributed by atoms with Gasteiger partial charge in [-0.25, -0.2) is 0 Å². The number of benzene rings is 4. The second-order valence-electron chi connectivity index (χ2n) is 14.0. The van der Waals surface area contributed by atoms with Crippen LogP contribution in [0, 0.1) is 27.7 Å². The normalized spacial score (nSPS) is 17.1. The summed E-state index contributed by atoms with van der Waals surface area (Å²) in [7, 11) is 0. The third kappa shape index (κ3) is 4.30. The first-order valence-electron chi connectivity index (χ1n) is 14.9. The Kier molecular flexibility index (Phi) is 6.25. The Labute approximate surface area is 254 Å². The van der Waals surface area contributed by atoms with E-state index in [1.54, 1.807) is 36.4 Å². The van der Waals surface area contributed by atoms with Gasteiger partial charge in [0.25, 0.3) is 0 Å². The van der Waals surface area contributed by atoms with E-state index in [4.69, 9.17) is 20.9 Å². The Balaban J connectivity index is 1.58. The summed E-state index contributed by atoms with van der Waals surface area (Å²) in [5.41, 5.74) is 22.0. The molecule has 224 valence electrons. The van der Waals surface area contributed by atoms with E-state index in [1.165, 1.54) is 33.4 Å². The van der Waals surface area contributed by atoms with Crippen molar-refractivity contribution in [3.63, 3.8) is 0 Å². The van der Waals surface area contributed by atoms with Gasteiger partial charge in [-0.2, -0.15) is 0 Å². The number of hydrogen-bond donors (Lipinski definition) is 4. The van der Waals surface area contributed by atoms with E-state index in [2.05, 4.69) is 67.5 Å². The molecule has 43 heavy (non-hydrogen) atoms. The molecule has 0 radical (unpaired) electrons. The zero-order valence-electron chi connectivity index (χ0n) is 26.4. The summed E-state index contributed by atoms with van der Waals surface area (Å²) < 4.78 is 12.9. The molecule has 0 amide bonds. The predicted molar refractivity (Wildman–Crippen MR) is 173 cm³/mol. The van der Waals surface area contributed by atoms with Gasteiger partial charge in [0.2, 0.25) is 0 Å². The quantitative estimate of drug-likeness (QED) is 0.142. The monoisotopic (exact) mass is 578 g/mol. The number of aromatic hydroxyl groups is 2. The molecule has 4 aromatic carbocycles. The van der Waals surface area contributed by atoms with Crippen molar-refractivity contribution >= 4 is 11.4 Å². The maximum Gasteiger partial charge on any atom is 0.142 e. The smallest absolute Gasteiger partial charge is 0.142 e. The van der Waals surface area contributed by atoms with Crippen molar-refractivity contribution in [3.8, 4) is 34.5 Å². The molecule has 0 heterocycles. The Morgan fingerprint density at radius 1 is 0.581 bits per heavy atom. The molecule has 0 saturated carbocycles. The number of rotatable bonds is 4. The van der Waals surface area contributed by atoms with Gasteiger partial charge >= 0.3 is 0 Å². The lowest BCUT2D eigenvalue weighted by Crippen LogP contribution is -2.28. The fraction of sp³-hybridized carbons (Fsp3) is 0.351. The summed E-state index contributed by atoms with van der Waals surface area (Å²) in [6.45, 7) is 18.1. The number of aryl methyl sites for hydroxylation is 2. The number of nitrogen functional groups attached to an aromatic ring is 2.